The Bertz CT molecular complexity index is 902. The van der Waals surface area contributed by atoms with Crippen LogP contribution in [0.4, 0.5) is 0 Å². The molecule has 2 aromatic rings. The van der Waals surface area contributed by atoms with Crippen molar-refractivity contribution in [2.45, 2.75) is 10.6 Å². The third kappa shape index (κ3) is 4.78. The Morgan fingerprint density at radius 2 is 1.93 bits per heavy atom. The summed E-state index contributed by atoms with van der Waals surface area (Å²) in [6.45, 7) is 1.36. The van der Waals surface area contributed by atoms with Crippen LogP contribution in [0.15, 0.2) is 42.9 Å². The van der Waals surface area contributed by atoms with E-state index in [0.29, 0.717) is 13.1 Å². The monoisotopic (exact) mass is 475 g/mol. The summed E-state index contributed by atoms with van der Waals surface area (Å²) in [4.78, 5) is 25.6. The summed E-state index contributed by atoms with van der Waals surface area (Å²) in [7, 11) is -3.53. The number of nitrogens with zero attached hydrogens (tertiary/aromatic N) is 2. The second kappa shape index (κ2) is 8.55. The highest BCUT2D eigenvalue weighted by Gasteiger charge is 2.30. The van der Waals surface area contributed by atoms with Crippen LogP contribution in [0, 0.1) is 0 Å². The van der Waals surface area contributed by atoms with E-state index >= 15 is 0 Å². The van der Waals surface area contributed by atoms with E-state index in [2.05, 4.69) is 21.2 Å². The van der Waals surface area contributed by atoms with Crippen molar-refractivity contribution < 1.29 is 22.4 Å². The average molecular weight is 476 g/mol. The van der Waals surface area contributed by atoms with Gasteiger partial charge in [0.15, 0.2) is 5.76 Å². The number of piperazine rings is 1. The number of halogens is 1. The Morgan fingerprint density at radius 3 is 2.52 bits per heavy atom. The Kier molecular flexibility index (Phi) is 6.35. The molecule has 1 N–H and O–H groups in total. The van der Waals surface area contributed by atoms with Gasteiger partial charge in [-0.2, -0.15) is 4.31 Å². The van der Waals surface area contributed by atoms with Crippen molar-refractivity contribution >= 4 is 49.1 Å². The third-order valence-electron chi connectivity index (χ3n) is 4.10. The summed E-state index contributed by atoms with van der Waals surface area (Å²) >= 11 is 4.44. The quantitative estimate of drug-likeness (QED) is 0.685. The zero-order valence-corrected chi connectivity index (χ0v) is 17.5. The van der Waals surface area contributed by atoms with Crippen molar-refractivity contribution in [2.24, 2.45) is 0 Å². The van der Waals surface area contributed by atoms with Crippen molar-refractivity contribution in [3.05, 3.63) is 40.1 Å². The fourth-order valence-electron chi connectivity index (χ4n) is 2.68. The van der Waals surface area contributed by atoms with Crippen LogP contribution in [0.5, 0.6) is 0 Å². The Hall–Kier alpha value is -1.69. The molecular weight excluding hydrogens is 458 g/mol. The van der Waals surface area contributed by atoms with Gasteiger partial charge in [0.1, 0.15) is 4.21 Å². The second-order valence-corrected chi connectivity index (χ2v) is 10.5. The summed E-state index contributed by atoms with van der Waals surface area (Å²) in [6, 6.07) is 6.43. The smallest absolute Gasteiger partial charge is 0.286 e. The number of carbonyl (C=O) groups is 2. The van der Waals surface area contributed by atoms with Crippen LogP contribution in [0.1, 0.15) is 17.0 Å². The second-order valence-electron chi connectivity index (χ2n) is 5.83. The van der Waals surface area contributed by atoms with Gasteiger partial charge in [-0.05, 0) is 40.2 Å². The van der Waals surface area contributed by atoms with Gasteiger partial charge in [0.25, 0.3) is 15.9 Å². The first kappa shape index (κ1) is 20.1. The van der Waals surface area contributed by atoms with Crippen molar-refractivity contribution in [3.8, 4) is 0 Å². The zero-order valence-electron chi connectivity index (χ0n) is 14.3. The highest BCUT2D eigenvalue weighted by Crippen LogP contribution is 2.28. The van der Waals surface area contributed by atoms with Crippen LogP contribution in [-0.2, 0) is 14.8 Å². The topological polar surface area (TPSA) is 99.9 Å². The van der Waals surface area contributed by atoms with Crippen molar-refractivity contribution in [2.75, 3.05) is 32.7 Å². The van der Waals surface area contributed by atoms with E-state index in [1.807, 2.05) is 0 Å². The summed E-state index contributed by atoms with van der Waals surface area (Å²) in [6.07, 6.45) is 1.56. The molecule has 0 aliphatic carbocycles. The fourth-order valence-corrected chi connectivity index (χ4v) is 6.26. The molecule has 8 nitrogen and oxygen atoms in total. The van der Waals surface area contributed by atoms with Gasteiger partial charge in [-0.3, -0.25) is 9.59 Å². The highest BCUT2D eigenvalue weighted by atomic mass is 79.9. The molecule has 1 aliphatic heterocycles. The van der Waals surface area contributed by atoms with Gasteiger partial charge in [-0.15, -0.1) is 11.3 Å². The molecule has 1 aliphatic rings. The minimum absolute atomic E-state index is 0.120. The Morgan fingerprint density at radius 1 is 1.19 bits per heavy atom. The molecular formula is C16H18BrN3O5S2. The molecule has 2 aromatic heterocycles. The maximum atomic E-state index is 12.6. The number of amides is 2. The summed E-state index contributed by atoms with van der Waals surface area (Å²) < 4.78 is 32.6. The number of hydrogen-bond acceptors (Lipinski definition) is 6. The molecule has 0 spiro atoms. The number of carbonyl (C=O) groups excluding carboxylic acids is 2. The van der Waals surface area contributed by atoms with E-state index in [1.54, 1.807) is 29.2 Å². The first-order chi connectivity index (χ1) is 12.9. The third-order valence-corrected chi connectivity index (χ3v) is 8.09. The molecule has 11 heteroatoms. The standard InChI is InChI=1S/C16H18BrN3O5S2/c17-13-3-4-15(26-13)27(23,24)20-9-7-19(8-10-20)14(21)5-6-18-16(22)12-2-1-11-25-12/h1-4,11H,5-10H2,(H,18,22). The van der Waals surface area contributed by atoms with Crippen LogP contribution in [0.2, 0.25) is 0 Å². The molecule has 27 heavy (non-hydrogen) atoms. The fraction of sp³-hybridized carbons (Fsp3) is 0.375. The summed E-state index contributed by atoms with van der Waals surface area (Å²) in [5.74, 6) is -0.294. The molecule has 2 amide bonds. The van der Waals surface area contributed by atoms with E-state index in [4.69, 9.17) is 4.42 Å². The van der Waals surface area contributed by atoms with Gasteiger partial charge in [0.05, 0.1) is 10.0 Å². The lowest BCUT2D eigenvalue weighted by Crippen LogP contribution is -2.50. The number of thiophene rings is 1. The van der Waals surface area contributed by atoms with Crippen LogP contribution >= 0.6 is 27.3 Å². The highest BCUT2D eigenvalue weighted by molar-refractivity contribution is 9.11. The summed E-state index contributed by atoms with van der Waals surface area (Å²) in [5.41, 5.74) is 0. The zero-order chi connectivity index (χ0) is 19.4. The Labute approximate surface area is 169 Å². The van der Waals surface area contributed by atoms with E-state index in [-0.39, 0.29) is 47.8 Å². The van der Waals surface area contributed by atoms with Gasteiger partial charge in [0.2, 0.25) is 5.91 Å². The van der Waals surface area contributed by atoms with Crippen LogP contribution in [-0.4, -0.2) is 62.2 Å². The molecule has 0 atom stereocenters. The van der Waals surface area contributed by atoms with E-state index in [0.717, 1.165) is 3.79 Å². The molecule has 3 rings (SSSR count). The number of hydrogen-bond donors (Lipinski definition) is 1. The van der Waals surface area contributed by atoms with Gasteiger partial charge in [-0.25, -0.2) is 8.42 Å². The Balaban J connectivity index is 1.46. The number of furan rings is 1. The molecule has 3 heterocycles. The molecule has 146 valence electrons. The lowest BCUT2D eigenvalue weighted by molar-refractivity contribution is -0.132. The molecule has 0 saturated carbocycles. The normalized spacial score (nSPS) is 15.7. The molecule has 0 radical (unpaired) electrons. The van der Waals surface area contributed by atoms with Gasteiger partial charge >= 0.3 is 0 Å². The molecule has 1 fully saturated rings. The van der Waals surface area contributed by atoms with E-state index in [9.17, 15) is 18.0 Å². The SMILES string of the molecule is O=C(NCCC(=O)N1CCN(S(=O)(=O)c2ccc(Br)s2)CC1)c1ccco1. The number of sulfonamides is 1. The summed E-state index contributed by atoms with van der Waals surface area (Å²) in [5, 5.41) is 2.62. The van der Waals surface area contributed by atoms with Gasteiger partial charge in [-0.1, -0.05) is 0 Å². The largest absolute Gasteiger partial charge is 0.459 e. The van der Waals surface area contributed by atoms with Crippen molar-refractivity contribution in [1.82, 2.24) is 14.5 Å². The average Bonchev–Trinajstić information content (AvgIpc) is 3.33. The predicted molar refractivity (Wildman–Crippen MR) is 103 cm³/mol. The number of nitrogens with one attached hydrogen (secondary N) is 1. The maximum absolute atomic E-state index is 12.6. The molecule has 0 bridgehead atoms. The first-order valence-electron chi connectivity index (χ1n) is 8.23. The van der Waals surface area contributed by atoms with Crippen LogP contribution in [0.3, 0.4) is 0 Å². The first-order valence-corrected chi connectivity index (χ1v) is 11.3. The van der Waals surface area contributed by atoms with Crippen LogP contribution < -0.4 is 5.32 Å². The number of rotatable bonds is 6. The predicted octanol–water partition coefficient (Wildman–Crippen LogP) is 1.76. The van der Waals surface area contributed by atoms with Gasteiger partial charge < -0.3 is 14.6 Å². The maximum Gasteiger partial charge on any atom is 0.286 e. The minimum Gasteiger partial charge on any atom is -0.459 e. The molecule has 0 unspecified atom stereocenters. The van der Waals surface area contributed by atoms with E-state index < -0.39 is 10.0 Å². The molecule has 0 aromatic carbocycles. The molecule has 1 saturated heterocycles. The van der Waals surface area contributed by atoms with Gasteiger partial charge in [0, 0.05) is 39.1 Å². The minimum atomic E-state index is -3.53. The lowest BCUT2D eigenvalue weighted by atomic mass is 10.3. The lowest BCUT2D eigenvalue weighted by Gasteiger charge is -2.33. The van der Waals surface area contributed by atoms with Crippen LogP contribution in [0.25, 0.3) is 0 Å². The van der Waals surface area contributed by atoms with Crippen molar-refractivity contribution in [3.63, 3.8) is 0 Å². The van der Waals surface area contributed by atoms with E-state index in [1.165, 1.54) is 21.9 Å². The van der Waals surface area contributed by atoms with Crippen molar-refractivity contribution in [1.29, 1.82) is 0 Å².